The average Bonchev–Trinajstić information content (AvgIpc) is 2.48. The number of benzene rings is 2. The van der Waals surface area contributed by atoms with Gasteiger partial charge in [-0.1, -0.05) is 35.9 Å². The van der Waals surface area contributed by atoms with Gasteiger partial charge in [0.05, 0.1) is 6.04 Å². The zero-order valence-electron chi connectivity index (χ0n) is 13.6. The van der Waals surface area contributed by atoms with Crippen LogP contribution in [0.15, 0.2) is 42.5 Å². The average molecular weight is 332 g/mol. The highest BCUT2D eigenvalue weighted by Gasteiger charge is 2.13. The third-order valence-corrected chi connectivity index (χ3v) is 3.97. The quantitative estimate of drug-likeness (QED) is 0.849. The lowest BCUT2D eigenvalue weighted by Gasteiger charge is -2.21. The van der Waals surface area contributed by atoms with E-state index in [0.29, 0.717) is 10.6 Å². The molecule has 0 heterocycles. The third kappa shape index (κ3) is 4.47. The monoisotopic (exact) mass is 331 g/mol. The summed E-state index contributed by atoms with van der Waals surface area (Å²) in [4.78, 5) is 13.5. The van der Waals surface area contributed by atoms with E-state index in [1.54, 1.807) is 12.1 Å². The van der Waals surface area contributed by atoms with E-state index in [0.717, 1.165) is 23.4 Å². The van der Waals surface area contributed by atoms with Crippen molar-refractivity contribution in [2.75, 3.05) is 19.4 Å². The van der Waals surface area contributed by atoms with Gasteiger partial charge in [-0.3, -0.25) is 4.79 Å². The van der Waals surface area contributed by atoms with Crippen LogP contribution in [0.3, 0.4) is 0 Å². The molecule has 0 fully saturated rings. The van der Waals surface area contributed by atoms with Crippen LogP contribution >= 0.6 is 11.6 Å². The van der Waals surface area contributed by atoms with Crippen molar-refractivity contribution < 1.29 is 4.79 Å². The van der Waals surface area contributed by atoms with E-state index in [2.05, 4.69) is 10.2 Å². The van der Waals surface area contributed by atoms with Crippen LogP contribution in [0, 0.1) is 0 Å². The Morgan fingerprint density at radius 2 is 1.96 bits per heavy atom. The summed E-state index contributed by atoms with van der Waals surface area (Å²) in [6.07, 6.45) is 0. The fourth-order valence-corrected chi connectivity index (χ4v) is 2.78. The Morgan fingerprint density at radius 1 is 1.26 bits per heavy atom. The van der Waals surface area contributed by atoms with Gasteiger partial charge in [-0.05, 0) is 50.3 Å². The van der Waals surface area contributed by atoms with Crippen LogP contribution in [-0.2, 0) is 6.54 Å². The van der Waals surface area contributed by atoms with Gasteiger partial charge in [0.25, 0.3) is 0 Å². The van der Waals surface area contributed by atoms with Gasteiger partial charge in [0.1, 0.15) is 0 Å². The van der Waals surface area contributed by atoms with Crippen LogP contribution in [0.25, 0.3) is 0 Å². The lowest BCUT2D eigenvalue weighted by Crippen LogP contribution is -2.17. The van der Waals surface area contributed by atoms with E-state index in [4.69, 9.17) is 17.3 Å². The summed E-state index contributed by atoms with van der Waals surface area (Å²) in [5.74, 6) is -0.435. The summed E-state index contributed by atoms with van der Waals surface area (Å²) in [7, 11) is 4.01. The summed E-state index contributed by atoms with van der Waals surface area (Å²) in [5.41, 5.74) is 8.89. The molecule has 0 unspecified atom stereocenters. The Bertz CT molecular complexity index is 700. The number of nitrogens with zero attached hydrogens (tertiary/aromatic N) is 1. The van der Waals surface area contributed by atoms with Crippen LogP contribution in [0.1, 0.15) is 34.5 Å². The molecule has 0 aliphatic carbocycles. The summed E-state index contributed by atoms with van der Waals surface area (Å²) < 4.78 is 0. The van der Waals surface area contributed by atoms with Gasteiger partial charge in [-0.15, -0.1) is 0 Å². The smallest absolute Gasteiger partial charge is 0.248 e. The second-order valence-corrected chi connectivity index (χ2v) is 6.27. The van der Waals surface area contributed by atoms with E-state index >= 15 is 0 Å². The molecule has 0 saturated heterocycles. The molecule has 122 valence electrons. The first-order valence-corrected chi connectivity index (χ1v) is 7.84. The molecule has 2 aromatic rings. The molecule has 23 heavy (non-hydrogen) atoms. The number of amides is 1. The Kier molecular flexibility index (Phi) is 5.64. The number of nitrogens with two attached hydrogens (primary N) is 1. The number of hydrogen-bond donors (Lipinski definition) is 2. The topological polar surface area (TPSA) is 58.4 Å². The van der Waals surface area contributed by atoms with Crippen LogP contribution in [0.2, 0.25) is 5.02 Å². The van der Waals surface area contributed by atoms with Crippen molar-refractivity contribution in [3.05, 3.63) is 64.2 Å². The predicted octanol–water partition coefficient (Wildman–Crippen LogP) is 3.67. The molecule has 0 aliphatic rings. The van der Waals surface area contributed by atoms with Crippen molar-refractivity contribution in [2.24, 2.45) is 5.73 Å². The van der Waals surface area contributed by atoms with Crippen LogP contribution in [0.5, 0.6) is 0 Å². The Balaban J connectivity index is 2.34. The first-order chi connectivity index (χ1) is 10.9. The lowest BCUT2D eigenvalue weighted by molar-refractivity contribution is 0.100. The normalized spacial score (nSPS) is 12.2. The van der Waals surface area contributed by atoms with Crippen molar-refractivity contribution >= 4 is 23.2 Å². The minimum Gasteiger partial charge on any atom is -0.378 e. The summed E-state index contributed by atoms with van der Waals surface area (Å²) >= 11 is 6.27. The van der Waals surface area contributed by atoms with E-state index in [1.807, 2.05) is 51.4 Å². The predicted molar refractivity (Wildman–Crippen MR) is 95.8 cm³/mol. The van der Waals surface area contributed by atoms with Gasteiger partial charge in [0.2, 0.25) is 5.91 Å². The van der Waals surface area contributed by atoms with Crippen molar-refractivity contribution in [1.82, 2.24) is 4.90 Å². The molecule has 0 radical (unpaired) electrons. The van der Waals surface area contributed by atoms with Gasteiger partial charge in [0.15, 0.2) is 0 Å². The van der Waals surface area contributed by atoms with E-state index in [9.17, 15) is 4.79 Å². The SMILES string of the molecule is C[C@@H](Nc1cc(C(N)=O)ccc1CN(C)C)c1ccccc1Cl. The van der Waals surface area contributed by atoms with Crippen molar-refractivity contribution in [2.45, 2.75) is 19.5 Å². The molecule has 0 spiro atoms. The number of rotatable bonds is 6. The van der Waals surface area contributed by atoms with Crippen molar-refractivity contribution in [3.63, 3.8) is 0 Å². The molecule has 1 atom stereocenters. The minimum absolute atomic E-state index is 0.00717. The number of primary amides is 1. The number of hydrogen-bond acceptors (Lipinski definition) is 3. The molecule has 0 saturated carbocycles. The molecule has 2 aromatic carbocycles. The second kappa shape index (κ2) is 7.49. The zero-order valence-corrected chi connectivity index (χ0v) is 14.4. The molecule has 0 aromatic heterocycles. The first kappa shape index (κ1) is 17.3. The van der Waals surface area contributed by atoms with Crippen LogP contribution < -0.4 is 11.1 Å². The molecule has 1 amide bonds. The Hall–Kier alpha value is -2.04. The van der Waals surface area contributed by atoms with Gasteiger partial charge in [-0.2, -0.15) is 0 Å². The molecule has 0 bridgehead atoms. The number of carbonyl (C=O) groups excluding carboxylic acids is 1. The molecule has 2 rings (SSSR count). The Labute approximate surface area is 142 Å². The zero-order chi connectivity index (χ0) is 17.0. The number of nitrogens with one attached hydrogen (secondary N) is 1. The fraction of sp³-hybridized carbons (Fsp3) is 0.278. The van der Waals surface area contributed by atoms with E-state index in [1.165, 1.54) is 0 Å². The molecule has 0 aliphatic heterocycles. The maximum atomic E-state index is 11.5. The number of anilines is 1. The summed E-state index contributed by atoms with van der Waals surface area (Å²) in [5, 5.41) is 4.16. The standard InChI is InChI=1S/C18H22ClN3O/c1-12(15-6-4-5-7-16(15)19)21-17-10-13(18(20)23)8-9-14(17)11-22(2)3/h4-10,12,21H,11H2,1-3H3,(H2,20,23)/t12-/m1/s1. The Morgan fingerprint density at radius 3 is 2.57 bits per heavy atom. The highest BCUT2D eigenvalue weighted by Crippen LogP contribution is 2.28. The van der Waals surface area contributed by atoms with Crippen molar-refractivity contribution in [1.29, 1.82) is 0 Å². The number of carbonyl (C=O) groups is 1. The first-order valence-electron chi connectivity index (χ1n) is 7.47. The maximum absolute atomic E-state index is 11.5. The van der Waals surface area contributed by atoms with Gasteiger partial charge >= 0.3 is 0 Å². The maximum Gasteiger partial charge on any atom is 0.248 e. The van der Waals surface area contributed by atoms with E-state index in [-0.39, 0.29) is 6.04 Å². The molecular weight excluding hydrogens is 310 g/mol. The van der Waals surface area contributed by atoms with Crippen LogP contribution in [0.4, 0.5) is 5.69 Å². The third-order valence-electron chi connectivity index (χ3n) is 3.62. The lowest BCUT2D eigenvalue weighted by atomic mass is 10.0. The highest BCUT2D eigenvalue weighted by atomic mass is 35.5. The summed E-state index contributed by atoms with van der Waals surface area (Å²) in [6, 6.07) is 13.2. The molecule has 5 heteroatoms. The molecule has 3 N–H and O–H groups in total. The second-order valence-electron chi connectivity index (χ2n) is 5.86. The van der Waals surface area contributed by atoms with Gasteiger partial charge < -0.3 is 16.0 Å². The van der Waals surface area contributed by atoms with Gasteiger partial charge in [-0.25, -0.2) is 0 Å². The molecular formula is C18H22ClN3O. The van der Waals surface area contributed by atoms with Crippen molar-refractivity contribution in [3.8, 4) is 0 Å². The fourth-order valence-electron chi connectivity index (χ4n) is 2.48. The minimum atomic E-state index is -0.435. The highest BCUT2D eigenvalue weighted by molar-refractivity contribution is 6.31. The number of halogens is 1. The van der Waals surface area contributed by atoms with Gasteiger partial charge in [0, 0.05) is 22.8 Å². The molecule has 4 nitrogen and oxygen atoms in total. The van der Waals surface area contributed by atoms with Crippen LogP contribution in [-0.4, -0.2) is 24.9 Å². The summed E-state index contributed by atoms with van der Waals surface area (Å²) in [6.45, 7) is 2.80. The van der Waals surface area contributed by atoms with E-state index < -0.39 is 5.91 Å². The largest absolute Gasteiger partial charge is 0.378 e.